The number of piperazine rings is 1. The third kappa shape index (κ3) is 9.95. The van der Waals surface area contributed by atoms with Crippen molar-refractivity contribution in [2.24, 2.45) is 11.8 Å². The van der Waals surface area contributed by atoms with E-state index in [1.807, 2.05) is 20.8 Å². The van der Waals surface area contributed by atoms with Gasteiger partial charge >= 0.3 is 5.97 Å². The molecule has 0 saturated carbocycles. The second-order valence-corrected chi connectivity index (χ2v) is 10.5. The molecule has 0 aromatic carbocycles. The predicted octanol–water partition coefficient (Wildman–Crippen LogP) is 2.07. The van der Waals surface area contributed by atoms with E-state index in [9.17, 15) is 14.4 Å². The number of carbonyl (C=O) groups excluding carboxylic acids is 3. The summed E-state index contributed by atoms with van der Waals surface area (Å²) < 4.78 is 9.01. The molecule has 1 heterocycles. The minimum Gasteiger partial charge on any atom is -0.460 e. The van der Waals surface area contributed by atoms with E-state index in [2.05, 4.69) is 17.2 Å². The molecule has 1 saturated heterocycles. The van der Waals surface area contributed by atoms with Gasteiger partial charge < -0.3 is 25.0 Å². The van der Waals surface area contributed by atoms with Crippen LogP contribution in [0.4, 0.5) is 0 Å². The summed E-state index contributed by atoms with van der Waals surface area (Å²) in [5.41, 5.74) is 0. The van der Waals surface area contributed by atoms with E-state index in [-0.39, 0.29) is 30.2 Å². The van der Waals surface area contributed by atoms with Crippen molar-refractivity contribution >= 4 is 52.6 Å². The molecule has 0 bridgehead atoms. The maximum Gasteiger partial charge on any atom is 0.325 e. The average Bonchev–Trinajstić information content (AvgIpc) is 2.70. The standard InChI is InChI=1S/C20H32Cl3N3O5/c1-6-13(4)10-30-16(12(2)3)17(27)25-14(5)18(28)26-8-7-24-15(9-26)19(29)31-11-20(21,22)23/h6,12-16,24H,1,7-11H2,2-5H3,(H,25,27)/t13?,14-,15-,16-/m0/s1. The number of esters is 1. The molecule has 1 fully saturated rings. The molecule has 0 radical (unpaired) electrons. The first-order chi connectivity index (χ1) is 14.4. The number of carbonyl (C=O) groups is 3. The lowest BCUT2D eigenvalue weighted by Crippen LogP contribution is -2.59. The molecule has 11 heteroatoms. The topological polar surface area (TPSA) is 97.0 Å². The number of hydrogen-bond donors (Lipinski definition) is 2. The highest BCUT2D eigenvalue weighted by Gasteiger charge is 2.34. The first-order valence-electron chi connectivity index (χ1n) is 10.2. The van der Waals surface area contributed by atoms with Crippen LogP contribution in [0.1, 0.15) is 27.7 Å². The van der Waals surface area contributed by atoms with Gasteiger partial charge in [0.05, 0.1) is 6.61 Å². The minimum absolute atomic E-state index is 0.0735. The Hall–Kier alpha value is -1.06. The smallest absolute Gasteiger partial charge is 0.325 e. The number of alkyl halides is 3. The number of hydrogen-bond acceptors (Lipinski definition) is 6. The number of amides is 2. The Bertz CT molecular complexity index is 642. The molecule has 0 aromatic heterocycles. The minimum atomic E-state index is -1.71. The van der Waals surface area contributed by atoms with Gasteiger partial charge in [-0.05, 0) is 18.8 Å². The predicted molar refractivity (Wildman–Crippen MR) is 121 cm³/mol. The van der Waals surface area contributed by atoms with E-state index in [0.29, 0.717) is 19.7 Å². The fourth-order valence-electron chi connectivity index (χ4n) is 2.89. The van der Waals surface area contributed by atoms with Crippen LogP contribution in [0.25, 0.3) is 0 Å². The summed E-state index contributed by atoms with van der Waals surface area (Å²) in [6.07, 6.45) is 1.06. The first-order valence-corrected chi connectivity index (χ1v) is 11.3. The summed E-state index contributed by atoms with van der Waals surface area (Å²) in [5.74, 6) is -1.26. The Kier molecular flexibility index (Phi) is 11.6. The lowest BCUT2D eigenvalue weighted by molar-refractivity contribution is -0.149. The highest BCUT2D eigenvalue weighted by molar-refractivity contribution is 6.67. The molecular weight excluding hydrogens is 469 g/mol. The van der Waals surface area contributed by atoms with Gasteiger partial charge in [-0.15, -0.1) is 6.58 Å². The molecule has 1 aliphatic rings. The third-order valence-corrected chi connectivity index (χ3v) is 5.01. The quantitative estimate of drug-likeness (QED) is 0.271. The molecule has 0 aromatic rings. The van der Waals surface area contributed by atoms with E-state index >= 15 is 0 Å². The molecule has 0 spiro atoms. The summed E-state index contributed by atoms with van der Waals surface area (Å²) >= 11 is 16.8. The number of halogens is 3. The SMILES string of the molecule is C=CC(C)CO[C@H](C(=O)N[C@@H](C)C(=O)N1CCN[C@H](C(=O)OCC(Cl)(Cl)Cl)C1)C(C)C. The van der Waals surface area contributed by atoms with Gasteiger partial charge in [0.25, 0.3) is 0 Å². The van der Waals surface area contributed by atoms with Crippen LogP contribution in [-0.2, 0) is 23.9 Å². The largest absolute Gasteiger partial charge is 0.460 e. The molecule has 1 rings (SSSR count). The van der Waals surface area contributed by atoms with Crippen LogP contribution in [0.5, 0.6) is 0 Å². The van der Waals surface area contributed by atoms with Crippen molar-refractivity contribution in [3.05, 3.63) is 12.7 Å². The van der Waals surface area contributed by atoms with Gasteiger partial charge in [0, 0.05) is 19.6 Å². The Labute approximate surface area is 198 Å². The zero-order chi connectivity index (χ0) is 23.8. The molecule has 2 N–H and O–H groups in total. The Morgan fingerprint density at radius 1 is 1.26 bits per heavy atom. The maximum absolute atomic E-state index is 12.8. The van der Waals surface area contributed by atoms with E-state index in [4.69, 9.17) is 44.3 Å². The summed E-state index contributed by atoms with van der Waals surface area (Å²) in [7, 11) is 0. The maximum atomic E-state index is 12.8. The van der Waals surface area contributed by atoms with Crippen molar-refractivity contribution in [3.8, 4) is 0 Å². The summed E-state index contributed by atoms with van der Waals surface area (Å²) in [4.78, 5) is 39.2. The van der Waals surface area contributed by atoms with Crippen LogP contribution in [0.3, 0.4) is 0 Å². The molecule has 0 aliphatic carbocycles. The fourth-order valence-corrected chi connectivity index (χ4v) is 3.05. The summed E-state index contributed by atoms with van der Waals surface area (Å²) in [6.45, 7) is 11.8. The Balaban J connectivity index is 2.64. The lowest BCUT2D eigenvalue weighted by atomic mass is 10.1. The van der Waals surface area contributed by atoms with Gasteiger partial charge in [0.1, 0.15) is 24.8 Å². The van der Waals surface area contributed by atoms with Gasteiger partial charge in [0.2, 0.25) is 15.6 Å². The van der Waals surface area contributed by atoms with Crippen LogP contribution in [0, 0.1) is 11.8 Å². The number of nitrogens with zero attached hydrogens (tertiary/aromatic N) is 1. The monoisotopic (exact) mass is 499 g/mol. The van der Waals surface area contributed by atoms with Gasteiger partial charge in [0.15, 0.2) is 0 Å². The van der Waals surface area contributed by atoms with E-state index in [1.54, 1.807) is 13.0 Å². The van der Waals surface area contributed by atoms with Crippen LogP contribution < -0.4 is 10.6 Å². The van der Waals surface area contributed by atoms with Crippen molar-refractivity contribution in [3.63, 3.8) is 0 Å². The van der Waals surface area contributed by atoms with Crippen molar-refractivity contribution in [2.75, 3.05) is 32.8 Å². The molecule has 2 amide bonds. The number of ether oxygens (including phenoxy) is 2. The molecular formula is C20H32Cl3N3O5. The summed E-state index contributed by atoms with van der Waals surface area (Å²) in [5, 5.41) is 5.69. The van der Waals surface area contributed by atoms with Crippen molar-refractivity contribution in [1.82, 2.24) is 15.5 Å². The van der Waals surface area contributed by atoms with Crippen molar-refractivity contribution in [2.45, 2.75) is 49.7 Å². The Morgan fingerprint density at radius 3 is 2.45 bits per heavy atom. The lowest BCUT2D eigenvalue weighted by Gasteiger charge is -2.34. The summed E-state index contributed by atoms with van der Waals surface area (Å²) in [6, 6.07) is -1.54. The second kappa shape index (κ2) is 12.8. The third-order valence-electron chi connectivity index (χ3n) is 4.68. The highest BCUT2D eigenvalue weighted by Crippen LogP contribution is 2.26. The molecule has 8 nitrogen and oxygen atoms in total. The van der Waals surface area contributed by atoms with Crippen LogP contribution in [0.15, 0.2) is 12.7 Å². The molecule has 1 unspecified atom stereocenters. The van der Waals surface area contributed by atoms with E-state index in [0.717, 1.165) is 0 Å². The van der Waals surface area contributed by atoms with Crippen molar-refractivity contribution < 1.29 is 23.9 Å². The number of rotatable bonds is 10. The van der Waals surface area contributed by atoms with Crippen molar-refractivity contribution in [1.29, 1.82) is 0 Å². The average molecular weight is 501 g/mol. The van der Waals surface area contributed by atoms with Gasteiger partial charge in [-0.3, -0.25) is 14.4 Å². The first kappa shape index (κ1) is 28.0. The van der Waals surface area contributed by atoms with Crippen LogP contribution in [0.2, 0.25) is 0 Å². The van der Waals surface area contributed by atoms with Gasteiger partial charge in [-0.1, -0.05) is 61.7 Å². The number of nitrogens with one attached hydrogen (secondary N) is 2. The van der Waals surface area contributed by atoms with Crippen LogP contribution >= 0.6 is 34.8 Å². The zero-order valence-electron chi connectivity index (χ0n) is 18.3. The van der Waals surface area contributed by atoms with E-state index < -0.39 is 34.6 Å². The molecule has 1 aliphatic heterocycles. The molecule has 4 atom stereocenters. The molecule has 31 heavy (non-hydrogen) atoms. The van der Waals surface area contributed by atoms with Crippen LogP contribution in [-0.4, -0.2) is 77.5 Å². The Morgan fingerprint density at radius 2 is 1.90 bits per heavy atom. The molecule has 178 valence electrons. The van der Waals surface area contributed by atoms with Gasteiger partial charge in [-0.25, -0.2) is 0 Å². The van der Waals surface area contributed by atoms with E-state index in [1.165, 1.54) is 4.90 Å². The highest BCUT2D eigenvalue weighted by atomic mass is 35.6. The zero-order valence-corrected chi connectivity index (χ0v) is 20.6. The van der Waals surface area contributed by atoms with Gasteiger partial charge in [-0.2, -0.15) is 0 Å². The second-order valence-electron chi connectivity index (χ2n) is 7.96. The fraction of sp³-hybridized carbons (Fsp3) is 0.750. The normalized spacial score (nSPS) is 20.0.